The van der Waals surface area contributed by atoms with Crippen molar-refractivity contribution in [1.82, 2.24) is 10.2 Å². The highest BCUT2D eigenvalue weighted by Crippen LogP contribution is 2.29. The van der Waals surface area contributed by atoms with Crippen molar-refractivity contribution in [2.24, 2.45) is 0 Å². The summed E-state index contributed by atoms with van der Waals surface area (Å²) in [6.07, 6.45) is 0. The normalized spacial score (nSPS) is 10.5. The van der Waals surface area contributed by atoms with Crippen molar-refractivity contribution in [3.05, 3.63) is 58.0 Å². The minimum Gasteiger partial charge on any atom is -0.330 e. The number of hydrogen-bond acceptors (Lipinski definition) is 4. The number of rotatable bonds is 3. The van der Waals surface area contributed by atoms with Gasteiger partial charge in [0, 0.05) is 20.7 Å². The van der Waals surface area contributed by atoms with Crippen LogP contribution in [0.2, 0.25) is 5.02 Å². The molecular formula is C14H9BrClN3S. The minimum atomic E-state index is 0.714. The summed E-state index contributed by atoms with van der Waals surface area (Å²) in [5.74, 6) is 0. The number of nitrogens with zero attached hydrogens (tertiary/aromatic N) is 2. The van der Waals surface area contributed by atoms with Gasteiger partial charge in [-0.3, -0.25) is 0 Å². The lowest BCUT2D eigenvalue weighted by Gasteiger charge is -2.00. The zero-order valence-electron chi connectivity index (χ0n) is 10.2. The second-order valence-electron chi connectivity index (χ2n) is 4.05. The van der Waals surface area contributed by atoms with Gasteiger partial charge in [-0.1, -0.05) is 51.0 Å². The maximum Gasteiger partial charge on any atom is 0.210 e. The fraction of sp³-hybridized carbons (Fsp3) is 0. The van der Waals surface area contributed by atoms with Crippen LogP contribution < -0.4 is 5.32 Å². The van der Waals surface area contributed by atoms with Crippen LogP contribution in [-0.2, 0) is 0 Å². The van der Waals surface area contributed by atoms with E-state index in [1.807, 2.05) is 48.5 Å². The Morgan fingerprint density at radius 2 is 1.65 bits per heavy atom. The molecule has 1 N–H and O–H groups in total. The fourth-order valence-electron chi connectivity index (χ4n) is 1.64. The molecular weight excluding hydrogens is 358 g/mol. The first kappa shape index (κ1) is 13.5. The number of hydrogen-bond donors (Lipinski definition) is 1. The molecule has 0 bridgehead atoms. The lowest BCUT2D eigenvalue weighted by atomic mass is 10.2. The number of halogens is 2. The fourth-order valence-corrected chi connectivity index (χ4v) is 2.80. The van der Waals surface area contributed by atoms with Crippen molar-refractivity contribution in [3.63, 3.8) is 0 Å². The average Bonchev–Trinajstić information content (AvgIpc) is 2.91. The molecule has 1 heterocycles. The Bertz CT molecular complexity index is 710. The third kappa shape index (κ3) is 3.17. The summed E-state index contributed by atoms with van der Waals surface area (Å²) in [7, 11) is 0. The molecule has 3 aromatic rings. The van der Waals surface area contributed by atoms with Gasteiger partial charge in [0.25, 0.3) is 0 Å². The molecule has 3 rings (SSSR count). The molecule has 0 amide bonds. The summed E-state index contributed by atoms with van der Waals surface area (Å²) in [6, 6.07) is 15.5. The first-order valence-electron chi connectivity index (χ1n) is 5.83. The molecule has 0 aliphatic carbocycles. The van der Waals surface area contributed by atoms with Gasteiger partial charge >= 0.3 is 0 Å². The molecule has 0 fully saturated rings. The van der Waals surface area contributed by atoms with Gasteiger partial charge in [-0.15, -0.1) is 10.2 Å². The average molecular weight is 367 g/mol. The quantitative estimate of drug-likeness (QED) is 0.677. The summed E-state index contributed by atoms with van der Waals surface area (Å²) >= 11 is 10.8. The summed E-state index contributed by atoms with van der Waals surface area (Å²) < 4.78 is 1.04. The molecule has 0 saturated heterocycles. The van der Waals surface area contributed by atoms with Gasteiger partial charge in [-0.25, -0.2) is 0 Å². The second kappa shape index (κ2) is 5.91. The maximum atomic E-state index is 5.88. The summed E-state index contributed by atoms with van der Waals surface area (Å²) in [5.41, 5.74) is 1.99. The van der Waals surface area contributed by atoms with Crippen LogP contribution in [0.4, 0.5) is 10.8 Å². The van der Waals surface area contributed by atoms with Crippen LogP contribution in [0.25, 0.3) is 10.6 Å². The van der Waals surface area contributed by atoms with Crippen molar-refractivity contribution in [2.45, 2.75) is 0 Å². The van der Waals surface area contributed by atoms with Gasteiger partial charge in [0.2, 0.25) is 5.13 Å². The molecule has 0 spiro atoms. The van der Waals surface area contributed by atoms with Gasteiger partial charge in [-0.05, 0) is 36.4 Å². The van der Waals surface area contributed by atoms with E-state index in [0.29, 0.717) is 5.02 Å². The molecule has 0 aliphatic heterocycles. The van der Waals surface area contributed by atoms with Crippen LogP contribution >= 0.6 is 38.9 Å². The lowest BCUT2D eigenvalue weighted by Crippen LogP contribution is -1.88. The largest absolute Gasteiger partial charge is 0.330 e. The SMILES string of the molecule is Clc1ccc(-c2nnc(Nc3ccc(Br)cc3)s2)cc1. The maximum absolute atomic E-state index is 5.88. The molecule has 2 aromatic carbocycles. The van der Waals surface area contributed by atoms with Crippen LogP contribution in [-0.4, -0.2) is 10.2 Å². The smallest absolute Gasteiger partial charge is 0.210 e. The Morgan fingerprint density at radius 1 is 0.950 bits per heavy atom. The minimum absolute atomic E-state index is 0.714. The Labute approximate surface area is 133 Å². The molecule has 6 heteroatoms. The predicted molar refractivity (Wildman–Crippen MR) is 87.8 cm³/mol. The molecule has 0 radical (unpaired) electrons. The lowest BCUT2D eigenvalue weighted by molar-refractivity contribution is 1.10. The van der Waals surface area contributed by atoms with E-state index in [4.69, 9.17) is 11.6 Å². The number of aromatic nitrogens is 2. The number of nitrogens with one attached hydrogen (secondary N) is 1. The topological polar surface area (TPSA) is 37.8 Å². The standard InChI is InChI=1S/C14H9BrClN3S/c15-10-3-7-12(8-4-10)17-14-19-18-13(20-14)9-1-5-11(16)6-2-9/h1-8H,(H,17,19). The van der Waals surface area contributed by atoms with Gasteiger partial charge in [-0.2, -0.15) is 0 Å². The molecule has 0 unspecified atom stereocenters. The third-order valence-corrected chi connectivity index (χ3v) is 4.28. The van der Waals surface area contributed by atoms with E-state index in [1.54, 1.807) is 0 Å². The Hall–Kier alpha value is -1.43. The van der Waals surface area contributed by atoms with E-state index in [0.717, 1.165) is 25.9 Å². The van der Waals surface area contributed by atoms with Crippen molar-refractivity contribution < 1.29 is 0 Å². The van der Waals surface area contributed by atoms with Crippen molar-refractivity contribution in [2.75, 3.05) is 5.32 Å². The predicted octanol–water partition coefficient (Wildman–Crippen LogP) is 5.36. The Kier molecular flexibility index (Phi) is 4.00. The van der Waals surface area contributed by atoms with E-state index in [1.165, 1.54) is 11.3 Å². The van der Waals surface area contributed by atoms with Gasteiger partial charge < -0.3 is 5.32 Å². The summed E-state index contributed by atoms with van der Waals surface area (Å²) in [5, 5.41) is 13.9. The van der Waals surface area contributed by atoms with Crippen molar-refractivity contribution >= 4 is 49.7 Å². The highest BCUT2D eigenvalue weighted by atomic mass is 79.9. The zero-order valence-corrected chi connectivity index (χ0v) is 13.3. The molecule has 0 saturated carbocycles. The van der Waals surface area contributed by atoms with E-state index in [2.05, 4.69) is 31.4 Å². The molecule has 3 nitrogen and oxygen atoms in total. The Balaban J connectivity index is 1.80. The monoisotopic (exact) mass is 365 g/mol. The van der Waals surface area contributed by atoms with E-state index in [-0.39, 0.29) is 0 Å². The molecule has 0 atom stereocenters. The van der Waals surface area contributed by atoms with E-state index < -0.39 is 0 Å². The molecule has 1 aromatic heterocycles. The highest BCUT2D eigenvalue weighted by molar-refractivity contribution is 9.10. The Morgan fingerprint density at radius 3 is 2.35 bits per heavy atom. The molecule has 20 heavy (non-hydrogen) atoms. The summed E-state index contributed by atoms with van der Waals surface area (Å²) in [4.78, 5) is 0. The van der Waals surface area contributed by atoms with Crippen molar-refractivity contribution in [3.8, 4) is 10.6 Å². The van der Waals surface area contributed by atoms with E-state index >= 15 is 0 Å². The van der Waals surface area contributed by atoms with Crippen LogP contribution in [0.3, 0.4) is 0 Å². The highest BCUT2D eigenvalue weighted by Gasteiger charge is 2.06. The first-order chi connectivity index (χ1) is 9.70. The van der Waals surface area contributed by atoms with Crippen LogP contribution in [0.1, 0.15) is 0 Å². The number of anilines is 2. The van der Waals surface area contributed by atoms with Gasteiger partial charge in [0.05, 0.1) is 0 Å². The second-order valence-corrected chi connectivity index (χ2v) is 6.38. The third-order valence-electron chi connectivity index (χ3n) is 2.61. The van der Waals surface area contributed by atoms with Crippen molar-refractivity contribution in [1.29, 1.82) is 0 Å². The van der Waals surface area contributed by atoms with Crippen LogP contribution in [0, 0.1) is 0 Å². The van der Waals surface area contributed by atoms with Gasteiger partial charge in [0.1, 0.15) is 5.01 Å². The number of benzene rings is 2. The van der Waals surface area contributed by atoms with Gasteiger partial charge in [0.15, 0.2) is 0 Å². The summed E-state index contributed by atoms with van der Waals surface area (Å²) in [6.45, 7) is 0. The zero-order chi connectivity index (χ0) is 13.9. The van der Waals surface area contributed by atoms with E-state index in [9.17, 15) is 0 Å². The molecule has 0 aliphatic rings. The first-order valence-corrected chi connectivity index (χ1v) is 7.81. The molecule has 100 valence electrons. The van der Waals surface area contributed by atoms with Crippen LogP contribution in [0.5, 0.6) is 0 Å². The van der Waals surface area contributed by atoms with Crippen LogP contribution in [0.15, 0.2) is 53.0 Å².